The average molecular weight is 287 g/mol. The summed E-state index contributed by atoms with van der Waals surface area (Å²) in [5.41, 5.74) is 2.64. The minimum Gasteiger partial charge on any atom is -0.356 e. The van der Waals surface area contributed by atoms with Crippen LogP contribution in [0.5, 0.6) is 0 Å². The van der Waals surface area contributed by atoms with E-state index < -0.39 is 0 Å². The number of hydrogen-bond acceptors (Lipinski definition) is 3. The van der Waals surface area contributed by atoms with Crippen LogP contribution in [0.2, 0.25) is 0 Å². The highest BCUT2D eigenvalue weighted by Gasteiger charge is 2.36. The minimum atomic E-state index is 0.155. The molecule has 0 bridgehead atoms. The third kappa shape index (κ3) is 3.57. The highest BCUT2D eigenvalue weighted by molar-refractivity contribution is 5.44. The van der Waals surface area contributed by atoms with Crippen LogP contribution in [0.4, 0.5) is 5.82 Å². The molecule has 21 heavy (non-hydrogen) atoms. The van der Waals surface area contributed by atoms with E-state index in [4.69, 9.17) is 4.98 Å². The van der Waals surface area contributed by atoms with Crippen molar-refractivity contribution in [2.45, 2.75) is 59.0 Å². The molecule has 1 saturated heterocycles. The van der Waals surface area contributed by atoms with Crippen molar-refractivity contribution in [1.29, 1.82) is 0 Å². The number of aromatic nitrogens is 1. The molecule has 0 aromatic carbocycles. The lowest BCUT2D eigenvalue weighted by Crippen LogP contribution is -2.35. The Bertz CT molecular complexity index is 492. The second kappa shape index (κ2) is 5.60. The molecule has 3 rings (SSSR count). The molecule has 2 atom stereocenters. The van der Waals surface area contributed by atoms with E-state index in [0.717, 1.165) is 24.1 Å². The molecule has 3 nitrogen and oxygen atoms in total. The molecule has 2 aliphatic rings. The van der Waals surface area contributed by atoms with Gasteiger partial charge in [0.25, 0.3) is 0 Å². The molecule has 2 heterocycles. The van der Waals surface area contributed by atoms with Crippen molar-refractivity contribution in [1.82, 2.24) is 10.3 Å². The molecule has 1 N–H and O–H groups in total. The van der Waals surface area contributed by atoms with Gasteiger partial charge in [-0.25, -0.2) is 4.98 Å². The summed E-state index contributed by atoms with van der Waals surface area (Å²) in [5.74, 6) is 3.03. The largest absolute Gasteiger partial charge is 0.356 e. The van der Waals surface area contributed by atoms with Crippen molar-refractivity contribution in [2.24, 2.45) is 11.8 Å². The number of aryl methyl sites for hydroxylation is 1. The van der Waals surface area contributed by atoms with Crippen LogP contribution in [0, 0.1) is 18.8 Å². The number of hydrogen-bond donors (Lipinski definition) is 1. The van der Waals surface area contributed by atoms with E-state index in [-0.39, 0.29) is 5.54 Å². The Morgan fingerprint density at radius 3 is 2.48 bits per heavy atom. The number of fused-ring (bicyclic) bond motifs is 1. The maximum absolute atomic E-state index is 4.79. The van der Waals surface area contributed by atoms with E-state index in [1.807, 2.05) is 0 Å². The third-order valence-corrected chi connectivity index (χ3v) is 4.87. The third-order valence-electron chi connectivity index (χ3n) is 4.87. The SMILES string of the molecule is Cc1cc(CNC(C)(C)C)cc(N2CC3CCCC3C2)n1. The van der Waals surface area contributed by atoms with Gasteiger partial charge in [0.05, 0.1) is 0 Å². The van der Waals surface area contributed by atoms with Gasteiger partial charge < -0.3 is 10.2 Å². The van der Waals surface area contributed by atoms with Gasteiger partial charge in [0.1, 0.15) is 5.82 Å². The molecule has 116 valence electrons. The summed E-state index contributed by atoms with van der Waals surface area (Å²) < 4.78 is 0. The summed E-state index contributed by atoms with van der Waals surface area (Å²) in [6.07, 6.45) is 4.28. The highest BCUT2D eigenvalue weighted by atomic mass is 15.2. The summed E-state index contributed by atoms with van der Waals surface area (Å²) in [5, 5.41) is 3.58. The molecule has 3 heteroatoms. The minimum absolute atomic E-state index is 0.155. The van der Waals surface area contributed by atoms with Crippen LogP contribution in [0.3, 0.4) is 0 Å². The van der Waals surface area contributed by atoms with Crippen LogP contribution in [-0.4, -0.2) is 23.6 Å². The normalized spacial score (nSPS) is 25.4. The topological polar surface area (TPSA) is 28.2 Å². The van der Waals surface area contributed by atoms with Crippen LogP contribution in [0.25, 0.3) is 0 Å². The Labute approximate surface area is 129 Å². The number of nitrogens with one attached hydrogen (secondary N) is 1. The molecule has 1 aliphatic carbocycles. The van der Waals surface area contributed by atoms with E-state index in [1.54, 1.807) is 0 Å². The van der Waals surface area contributed by atoms with Crippen molar-refractivity contribution < 1.29 is 0 Å². The lowest BCUT2D eigenvalue weighted by molar-refractivity contribution is 0.424. The van der Waals surface area contributed by atoms with Gasteiger partial charge in [-0.3, -0.25) is 0 Å². The Morgan fingerprint density at radius 2 is 1.86 bits per heavy atom. The summed E-state index contributed by atoms with van der Waals surface area (Å²) in [6, 6.07) is 4.49. The molecule has 1 aliphatic heterocycles. The maximum Gasteiger partial charge on any atom is 0.129 e. The smallest absolute Gasteiger partial charge is 0.129 e. The molecular weight excluding hydrogens is 258 g/mol. The van der Waals surface area contributed by atoms with Gasteiger partial charge in [0, 0.05) is 30.9 Å². The molecule has 1 saturated carbocycles. The van der Waals surface area contributed by atoms with Crippen molar-refractivity contribution in [3.63, 3.8) is 0 Å². The number of rotatable bonds is 3. The Kier molecular flexibility index (Phi) is 3.96. The molecular formula is C18H29N3. The molecule has 2 unspecified atom stereocenters. The predicted octanol–water partition coefficient (Wildman–Crippen LogP) is 3.51. The van der Waals surface area contributed by atoms with Crippen molar-refractivity contribution in [3.8, 4) is 0 Å². The second-order valence-corrected chi connectivity index (χ2v) is 7.93. The fraction of sp³-hybridized carbons (Fsp3) is 0.722. The van der Waals surface area contributed by atoms with Gasteiger partial charge in [-0.05, 0) is 70.1 Å². The first-order valence-electron chi connectivity index (χ1n) is 8.38. The van der Waals surface area contributed by atoms with Crippen LogP contribution < -0.4 is 10.2 Å². The zero-order valence-electron chi connectivity index (χ0n) is 13.9. The Balaban J connectivity index is 1.72. The van der Waals surface area contributed by atoms with Gasteiger partial charge in [-0.15, -0.1) is 0 Å². The zero-order chi connectivity index (χ0) is 15.0. The first kappa shape index (κ1) is 14.8. The quantitative estimate of drug-likeness (QED) is 0.922. The average Bonchev–Trinajstić information content (AvgIpc) is 2.95. The molecule has 0 spiro atoms. The van der Waals surface area contributed by atoms with Crippen molar-refractivity contribution in [2.75, 3.05) is 18.0 Å². The van der Waals surface area contributed by atoms with Crippen LogP contribution >= 0.6 is 0 Å². The Morgan fingerprint density at radius 1 is 1.19 bits per heavy atom. The maximum atomic E-state index is 4.79. The number of nitrogens with zero attached hydrogens (tertiary/aromatic N) is 2. The van der Waals surface area contributed by atoms with Crippen LogP contribution in [0.15, 0.2) is 12.1 Å². The van der Waals surface area contributed by atoms with E-state index in [9.17, 15) is 0 Å². The van der Waals surface area contributed by atoms with Gasteiger partial charge in [-0.2, -0.15) is 0 Å². The van der Waals surface area contributed by atoms with Crippen molar-refractivity contribution >= 4 is 5.82 Å². The van der Waals surface area contributed by atoms with Gasteiger partial charge in [-0.1, -0.05) is 6.42 Å². The number of anilines is 1. The predicted molar refractivity (Wildman–Crippen MR) is 88.6 cm³/mol. The highest BCUT2D eigenvalue weighted by Crippen LogP contribution is 2.39. The standard InChI is InChI=1S/C18H29N3/c1-13-8-14(10-19-18(2,3)4)9-17(20-13)21-11-15-6-5-7-16(15)12-21/h8-9,15-16,19H,5-7,10-12H2,1-4H3. The summed E-state index contributed by atoms with van der Waals surface area (Å²) in [6.45, 7) is 12.1. The monoisotopic (exact) mass is 287 g/mol. The number of pyridine rings is 1. The summed E-state index contributed by atoms with van der Waals surface area (Å²) >= 11 is 0. The van der Waals surface area contributed by atoms with E-state index in [0.29, 0.717) is 0 Å². The zero-order valence-corrected chi connectivity index (χ0v) is 13.9. The van der Waals surface area contributed by atoms with Crippen LogP contribution in [0.1, 0.15) is 51.3 Å². The lowest BCUT2D eigenvalue weighted by atomic mass is 10.0. The van der Waals surface area contributed by atoms with Gasteiger partial charge in [0.15, 0.2) is 0 Å². The van der Waals surface area contributed by atoms with E-state index in [2.05, 4.69) is 50.0 Å². The van der Waals surface area contributed by atoms with Crippen molar-refractivity contribution in [3.05, 3.63) is 23.4 Å². The molecule has 2 fully saturated rings. The molecule has 0 radical (unpaired) electrons. The molecule has 1 aromatic rings. The second-order valence-electron chi connectivity index (χ2n) is 7.93. The fourth-order valence-electron chi connectivity index (χ4n) is 3.77. The molecule has 1 aromatic heterocycles. The summed E-state index contributed by atoms with van der Waals surface area (Å²) in [4.78, 5) is 7.30. The molecule has 0 amide bonds. The van der Waals surface area contributed by atoms with Gasteiger partial charge >= 0.3 is 0 Å². The first-order valence-corrected chi connectivity index (χ1v) is 8.38. The Hall–Kier alpha value is -1.09. The fourth-order valence-corrected chi connectivity index (χ4v) is 3.77. The summed E-state index contributed by atoms with van der Waals surface area (Å²) in [7, 11) is 0. The first-order chi connectivity index (χ1) is 9.90. The lowest BCUT2D eigenvalue weighted by Gasteiger charge is -2.23. The van der Waals surface area contributed by atoms with E-state index in [1.165, 1.54) is 43.7 Å². The van der Waals surface area contributed by atoms with E-state index >= 15 is 0 Å². The van der Waals surface area contributed by atoms with Gasteiger partial charge in [0.2, 0.25) is 0 Å². The van der Waals surface area contributed by atoms with Crippen LogP contribution in [-0.2, 0) is 6.54 Å².